The Balaban J connectivity index is 1.47. The van der Waals surface area contributed by atoms with Gasteiger partial charge in [0.2, 0.25) is 0 Å². The van der Waals surface area contributed by atoms with Crippen LogP contribution in [0.3, 0.4) is 0 Å². The summed E-state index contributed by atoms with van der Waals surface area (Å²) in [5, 5.41) is 10.00. The van der Waals surface area contributed by atoms with E-state index in [0.717, 1.165) is 44.9 Å². The lowest BCUT2D eigenvalue weighted by Crippen LogP contribution is -2.57. The Morgan fingerprint density at radius 3 is 2.28 bits per heavy atom. The summed E-state index contributed by atoms with van der Waals surface area (Å²) in [4.78, 5) is 32.9. The molecule has 0 unspecified atom stereocenters. The molecule has 1 spiro atoms. The molecule has 1 saturated heterocycles. The van der Waals surface area contributed by atoms with Crippen LogP contribution in [0.4, 0.5) is 10.5 Å². The minimum absolute atomic E-state index is 0.0332. The van der Waals surface area contributed by atoms with Crippen LogP contribution in [0, 0.1) is 16.7 Å². The van der Waals surface area contributed by atoms with Crippen LogP contribution in [-0.2, 0) is 5.54 Å². The molecule has 3 aliphatic rings. The summed E-state index contributed by atoms with van der Waals surface area (Å²) < 4.78 is 0. The Kier molecular flexibility index (Phi) is 6.29. The second kappa shape index (κ2) is 9.29. The first-order valence-electron chi connectivity index (χ1n) is 12.8. The number of urea groups is 1. The summed E-state index contributed by atoms with van der Waals surface area (Å²) in [5.74, 6) is 0.522. The zero-order valence-electron chi connectivity index (χ0n) is 21.5. The Morgan fingerprint density at radius 2 is 1.75 bits per heavy atom. The van der Waals surface area contributed by atoms with Gasteiger partial charge in [-0.25, -0.2) is 14.8 Å². The third-order valence-electron chi connectivity index (χ3n) is 8.88. The van der Waals surface area contributed by atoms with Crippen molar-refractivity contribution in [2.75, 3.05) is 39.1 Å². The van der Waals surface area contributed by atoms with Crippen molar-refractivity contribution in [3.8, 4) is 6.07 Å². The zero-order chi connectivity index (χ0) is 25.4. The molecule has 2 aliphatic carbocycles. The SMILES string of the molecule is CN=Cc1ncc(N2CC3(CCC(c4ccccc4)(N(C)C)CC3)N(CC3(C#N)CCC3)C2=O)cn1. The topological polar surface area (TPSA) is 88.7 Å². The summed E-state index contributed by atoms with van der Waals surface area (Å²) in [6.45, 7) is 1.09. The number of carbonyl (C=O) groups excluding carboxylic acids is 1. The molecule has 2 amide bonds. The predicted octanol–water partition coefficient (Wildman–Crippen LogP) is 4.23. The third-order valence-corrected chi connectivity index (χ3v) is 8.88. The molecule has 2 heterocycles. The molecule has 0 atom stereocenters. The van der Waals surface area contributed by atoms with Crippen molar-refractivity contribution in [2.45, 2.75) is 56.0 Å². The maximum absolute atomic E-state index is 13.9. The minimum atomic E-state index is -0.424. The molecule has 1 aromatic carbocycles. The molecule has 2 saturated carbocycles. The van der Waals surface area contributed by atoms with Crippen molar-refractivity contribution in [1.82, 2.24) is 19.8 Å². The molecule has 3 fully saturated rings. The summed E-state index contributed by atoms with van der Waals surface area (Å²) >= 11 is 0. The smallest absolute Gasteiger partial charge is 0.315 e. The number of aromatic nitrogens is 2. The van der Waals surface area contributed by atoms with E-state index in [1.807, 2.05) is 9.80 Å². The van der Waals surface area contributed by atoms with E-state index in [9.17, 15) is 10.1 Å². The number of rotatable bonds is 6. The fourth-order valence-electron chi connectivity index (χ4n) is 6.40. The first kappa shape index (κ1) is 24.4. The van der Waals surface area contributed by atoms with Gasteiger partial charge in [-0.3, -0.25) is 14.8 Å². The highest BCUT2D eigenvalue weighted by atomic mass is 16.2. The first-order valence-corrected chi connectivity index (χ1v) is 12.8. The van der Waals surface area contributed by atoms with Gasteiger partial charge in [-0.05, 0) is 58.2 Å². The second-order valence-electron chi connectivity index (χ2n) is 10.9. The standard InChI is InChI=1S/C28H35N7O/c1-30-18-24-31-16-23(17-32-24)34-21-27(35(25(34)36)20-26(19-29)10-7-11-26)12-14-28(15-13-27,33(2)3)22-8-5-4-6-9-22/h4-6,8-9,16-18H,7,10-15,20-21H2,1-3H3. The van der Waals surface area contributed by atoms with E-state index in [0.29, 0.717) is 24.6 Å². The van der Waals surface area contributed by atoms with Gasteiger partial charge in [-0.15, -0.1) is 0 Å². The van der Waals surface area contributed by atoms with Crippen LogP contribution in [0.25, 0.3) is 0 Å². The Hall–Kier alpha value is -3.31. The summed E-state index contributed by atoms with van der Waals surface area (Å²) in [5.41, 5.74) is 1.22. The van der Waals surface area contributed by atoms with Crippen molar-refractivity contribution in [3.05, 3.63) is 54.1 Å². The number of hydrogen-bond donors (Lipinski definition) is 0. The van der Waals surface area contributed by atoms with E-state index in [4.69, 9.17) is 0 Å². The number of carbonyl (C=O) groups is 1. The van der Waals surface area contributed by atoms with Crippen LogP contribution in [0.15, 0.2) is 47.7 Å². The maximum atomic E-state index is 13.9. The van der Waals surface area contributed by atoms with Crippen molar-refractivity contribution in [2.24, 2.45) is 10.4 Å². The fraction of sp³-hybridized carbons (Fsp3) is 0.536. The minimum Gasteiger partial charge on any atom is -0.315 e. The number of nitriles is 1. The molecule has 2 aromatic rings. The maximum Gasteiger partial charge on any atom is 0.325 e. The average Bonchev–Trinajstić information content (AvgIpc) is 3.14. The highest BCUT2D eigenvalue weighted by Gasteiger charge is 2.57. The van der Waals surface area contributed by atoms with Gasteiger partial charge in [-0.2, -0.15) is 5.26 Å². The molecular formula is C28H35N7O. The summed E-state index contributed by atoms with van der Waals surface area (Å²) in [7, 11) is 6.00. The first-order chi connectivity index (χ1) is 17.4. The Bertz CT molecular complexity index is 1160. The van der Waals surface area contributed by atoms with Crippen LogP contribution < -0.4 is 4.90 Å². The van der Waals surface area contributed by atoms with E-state index in [2.05, 4.69) is 70.4 Å². The molecule has 1 aliphatic heterocycles. The zero-order valence-corrected chi connectivity index (χ0v) is 21.5. The van der Waals surface area contributed by atoms with Crippen LogP contribution in [0.1, 0.15) is 56.3 Å². The van der Waals surface area contributed by atoms with Gasteiger partial charge in [0.05, 0.1) is 47.9 Å². The van der Waals surface area contributed by atoms with Crippen LogP contribution >= 0.6 is 0 Å². The number of nitrogens with zero attached hydrogens (tertiary/aromatic N) is 7. The molecule has 0 bridgehead atoms. The van der Waals surface area contributed by atoms with Crippen LogP contribution in [0.2, 0.25) is 0 Å². The molecule has 36 heavy (non-hydrogen) atoms. The van der Waals surface area contributed by atoms with E-state index < -0.39 is 5.41 Å². The number of aliphatic imine (C=N–C) groups is 1. The summed E-state index contributed by atoms with van der Waals surface area (Å²) in [6, 6.07) is 13.3. The number of anilines is 1. The fourth-order valence-corrected chi connectivity index (χ4v) is 6.40. The van der Waals surface area contributed by atoms with Gasteiger partial charge >= 0.3 is 6.03 Å². The Labute approximate surface area is 213 Å². The van der Waals surface area contributed by atoms with E-state index >= 15 is 0 Å². The quantitative estimate of drug-likeness (QED) is 0.571. The molecule has 188 valence electrons. The lowest BCUT2D eigenvalue weighted by Gasteiger charge is -2.52. The van der Waals surface area contributed by atoms with Gasteiger partial charge in [0.1, 0.15) is 0 Å². The van der Waals surface area contributed by atoms with E-state index in [1.165, 1.54) is 5.56 Å². The van der Waals surface area contributed by atoms with Gasteiger partial charge < -0.3 is 4.90 Å². The average molecular weight is 486 g/mol. The van der Waals surface area contributed by atoms with Gasteiger partial charge in [0.15, 0.2) is 5.82 Å². The number of benzene rings is 1. The van der Waals surface area contributed by atoms with Gasteiger partial charge in [0, 0.05) is 19.1 Å². The number of amides is 2. The van der Waals surface area contributed by atoms with Crippen LogP contribution in [0.5, 0.6) is 0 Å². The highest BCUT2D eigenvalue weighted by Crippen LogP contribution is 2.51. The van der Waals surface area contributed by atoms with E-state index in [1.54, 1.807) is 25.7 Å². The largest absolute Gasteiger partial charge is 0.325 e. The normalized spacial score (nSPS) is 27.6. The monoisotopic (exact) mass is 485 g/mol. The molecule has 5 rings (SSSR count). The van der Waals surface area contributed by atoms with Crippen molar-refractivity contribution in [3.63, 3.8) is 0 Å². The van der Waals surface area contributed by atoms with Crippen molar-refractivity contribution in [1.29, 1.82) is 5.26 Å². The molecule has 0 N–H and O–H groups in total. The second-order valence-corrected chi connectivity index (χ2v) is 10.9. The molecular weight excluding hydrogens is 450 g/mol. The lowest BCUT2D eigenvalue weighted by atomic mass is 9.66. The molecule has 1 aromatic heterocycles. The van der Waals surface area contributed by atoms with Gasteiger partial charge in [0.25, 0.3) is 0 Å². The lowest BCUT2D eigenvalue weighted by molar-refractivity contribution is 0.00826. The molecule has 0 radical (unpaired) electrons. The third kappa shape index (κ3) is 3.96. The van der Waals surface area contributed by atoms with Crippen molar-refractivity contribution >= 4 is 17.9 Å². The van der Waals surface area contributed by atoms with Gasteiger partial charge in [-0.1, -0.05) is 36.8 Å². The predicted molar refractivity (Wildman–Crippen MR) is 140 cm³/mol. The van der Waals surface area contributed by atoms with Crippen molar-refractivity contribution < 1.29 is 4.79 Å². The van der Waals surface area contributed by atoms with Crippen LogP contribution in [-0.4, -0.2) is 71.8 Å². The molecule has 8 heteroatoms. The number of hydrogen-bond acceptors (Lipinski definition) is 6. The summed E-state index contributed by atoms with van der Waals surface area (Å²) in [6.07, 6.45) is 11.5. The van der Waals surface area contributed by atoms with E-state index in [-0.39, 0.29) is 17.1 Å². The Morgan fingerprint density at radius 1 is 1.08 bits per heavy atom. The highest BCUT2D eigenvalue weighted by molar-refractivity contribution is 5.95. The molecule has 8 nitrogen and oxygen atoms in total.